The van der Waals surface area contributed by atoms with Gasteiger partial charge in [-0.1, -0.05) is 57.3 Å². The summed E-state index contributed by atoms with van der Waals surface area (Å²) in [5.41, 5.74) is 2.05. The summed E-state index contributed by atoms with van der Waals surface area (Å²) in [6.07, 6.45) is 3.05. The van der Waals surface area contributed by atoms with Crippen molar-refractivity contribution >= 4 is 162 Å². The fourth-order valence-corrected chi connectivity index (χ4v) is 20.0. The Morgan fingerprint density at radius 3 is 1.36 bits per heavy atom. The number of alkyl halides is 2. The second kappa shape index (κ2) is 41.4. The molecule has 9 heterocycles. The van der Waals surface area contributed by atoms with E-state index in [1.54, 1.807) is 74.2 Å². The van der Waals surface area contributed by atoms with E-state index in [0.29, 0.717) is 47.7 Å². The van der Waals surface area contributed by atoms with Gasteiger partial charge in [0, 0.05) is 135 Å². The standard InChI is InChI=1S/C27H30ClFN4O9S2.C25H26BrF3N4O5S2.C23H24ClFN4O6S2/c1-4-39-26(35)21-19(31-23(24-30-7-9-43-24)32-22(21)17-6-5-16(29)11-18(17)28)12-33-8-10-44(37,38)13-20(33)25(34)40-14-41-27(36)42-15(2)3;1-3-38-24(35)20-19(11-33-13-25(28,29)10-15(33)9-16(34)12-40(2,36)37)31-22(23-30-6-7-39-23)32-21(20)17-5-4-14(27)8-18(17)26;1-3-35-23(31)18-16(11-29-7-9-37(32,33)12-17(29)22(30)34-2)27-20(21-26-6-8-36-21)28-19(18)14-5-4-13(25)10-15(14)24/h5-7,9,11,15,20,22H,4,8,10,12-14H2,1-3H3,(H,31,32);4-8,15,21H,3,9-13H2,1-2H3,(H,31,32);4-6,8,10,17,19H,3,7,9,11-12H2,1-2H3,(H,27,28)/t20-,22-;15?,21-;17-,19-/m000/s1. The van der Waals surface area contributed by atoms with Crippen LogP contribution in [-0.4, -0.2) is 252 Å². The topological polar surface area (TPSA) is 408 Å². The van der Waals surface area contributed by atoms with Gasteiger partial charge in [0.05, 0.1) is 79.3 Å². The molecule has 6 aromatic rings. The highest BCUT2D eigenvalue weighted by molar-refractivity contribution is 9.10. The second-order valence-electron chi connectivity index (χ2n) is 27.7. The predicted octanol–water partition coefficient (Wildman–Crippen LogP) is 8.79. The molecule has 0 amide bonds. The molecule has 3 aromatic heterocycles. The lowest BCUT2D eigenvalue weighted by Gasteiger charge is -2.36. The average Bonchev–Trinajstić information content (AvgIpc) is 1.55. The number of carbonyl (C=O) groups excluding carboxylic acids is 7. The fourth-order valence-electron chi connectivity index (χ4n) is 13.4. The van der Waals surface area contributed by atoms with Crippen LogP contribution in [0.25, 0.3) is 0 Å². The normalized spacial score (nSPS) is 20.9. The first-order valence-electron chi connectivity index (χ1n) is 36.8. The third-order valence-corrected chi connectivity index (χ3v) is 26.3. The maximum absolute atomic E-state index is 14.6. The molecule has 3 N–H and O–H groups in total. The van der Waals surface area contributed by atoms with Crippen molar-refractivity contribution in [2.75, 3.05) is 108 Å². The number of methoxy groups -OCH3 is 1. The number of aromatic nitrogens is 3. The number of halogens is 8. The quantitative estimate of drug-likeness (QED) is 0.0187. The number of Topliss-reactive ketones (excluding diaryl/α,β-unsaturated/α-hetero) is 1. The van der Waals surface area contributed by atoms with Crippen molar-refractivity contribution in [3.05, 3.63) is 187 Å². The van der Waals surface area contributed by atoms with Crippen molar-refractivity contribution in [1.29, 1.82) is 0 Å². The van der Waals surface area contributed by atoms with E-state index in [1.165, 1.54) is 93.4 Å². The van der Waals surface area contributed by atoms with Crippen molar-refractivity contribution in [2.45, 2.75) is 95.7 Å². The van der Waals surface area contributed by atoms with Crippen LogP contribution in [0.5, 0.6) is 0 Å². The highest BCUT2D eigenvalue weighted by atomic mass is 79.9. The molecular formula is C75H80BrCl2F5N12O20S6. The van der Waals surface area contributed by atoms with E-state index in [1.807, 2.05) is 0 Å². The smallest absolute Gasteiger partial charge is 0.468 e. The number of ketones is 1. The van der Waals surface area contributed by atoms with E-state index in [0.717, 1.165) is 18.4 Å². The van der Waals surface area contributed by atoms with Crippen molar-refractivity contribution < 1.29 is 114 Å². The number of carbonyl (C=O) groups is 7. The Morgan fingerprint density at radius 2 is 0.992 bits per heavy atom. The number of aliphatic imine (C=N–C) groups is 3. The second-order valence-corrected chi connectivity index (χ2v) is 38.6. The van der Waals surface area contributed by atoms with Crippen LogP contribution >= 0.6 is 73.1 Å². The number of sulfone groups is 3. The number of amidine groups is 3. The van der Waals surface area contributed by atoms with Gasteiger partial charge in [-0.25, -0.2) is 81.3 Å². The molecule has 0 bridgehead atoms. The molecule has 3 fully saturated rings. The number of esters is 5. The van der Waals surface area contributed by atoms with Crippen LogP contribution in [0, 0.1) is 17.5 Å². The highest BCUT2D eigenvalue weighted by Gasteiger charge is 2.48. The Balaban J connectivity index is 0.000000191. The fraction of sp³-hybridized carbons (Fsp3) is 0.427. The first-order chi connectivity index (χ1) is 57.3. The molecule has 652 valence electrons. The van der Waals surface area contributed by atoms with Crippen molar-refractivity contribution in [3.8, 4) is 0 Å². The number of likely N-dealkylation sites (tertiary alicyclic amines) is 1. The summed E-state index contributed by atoms with van der Waals surface area (Å²) in [5, 5.41) is 16.0. The van der Waals surface area contributed by atoms with E-state index in [9.17, 15) is 80.8 Å². The third-order valence-electron chi connectivity index (χ3n) is 18.5. The molecule has 3 aromatic carbocycles. The summed E-state index contributed by atoms with van der Waals surface area (Å²) in [6, 6.07) is 4.98. The molecule has 3 saturated heterocycles. The van der Waals surface area contributed by atoms with Gasteiger partial charge in [-0.2, -0.15) is 0 Å². The molecule has 46 heteroatoms. The molecule has 6 aliphatic rings. The van der Waals surface area contributed by atoms with E-state index in [4.69, 9.17) is 56.4 Å². The number of nitrogens with zero attached hydrogens (tertiary/aromatic N) is 9. The maximum atomic E-state index is 14.6. The Labute approximate surface area is 721 Å². The van der Waals surface area contributed by atoms with Crippen LogP contribution < -0.4 is 16.0 Å². The molecule has 121 heavy (non-hydrogen) atoms. The zero-order valence-corrected chi connectivity index (χ0v) is 73.4. The van der Waals surface area contributed by atoms with Gasteiger partial charge < -0.3 is 49.1 Å². The Hall–Kier alpha value is -9.09. The molecule has 0 saturated carbocycles. The minimum atomic E-state index is -3.64. The van der Waals surface area contributed by atoms with Crippen LogP contribution in [0.2, 0.25) is 10.0 Å². The number of nitrogens with one attached hydrogen (secondary N) is 3. The Bertz CT molecular complexity index is 5440. The number of ether oxygens (including phenoxy) is 7. The SMILES string of the molecule is CCOC(=O)C1=C(CN2CC(F)(F)CC2CC(=O)CS(C)(=O)=O)NC(c2nccs2)=N[C@H]1c1ccc(F)cc1Br.CCOC(=O)C1=C(CN2CCS(=O)(=O)C[C@H]2C(=O)OC)NC(c2nccs2)=N[C@H]1c1ccc(F)cc1Cl.CCOC(=O)C1=C(CN2CCS(=O)(=O)C[C@H]2C(=O)OCOC(=O)OC(C)C)NC(c2nccs2)=N[C@H]1c1ccc(F)cc1Cl. The van der Waals surface area contributed by atoms with Crippen LogP contribution in [0.3, 0.4) is 0 Å². The summed E-state index contributed by atoms with van der Waals surface area (Å²) in [5.74, 6) is -10.6. The van der Waals surface area contributed by atoms with Gasteiger partial charge >= 0.3 is 36.0 Å². The van der Waals surface area contributed by atoms with Gasteiger partial charge in [0.25, 0.3) is 5.92 Å². The minimum absolute atomic E-state index is 0.0156. The van der Waals surface area contributed by atoms with Gasteiger partial charge in [-0.05, 0) is 76.6 Å². The van der Waals surface area contributed by atoms with Crippen molar-refractivity contribution in [3.63, 3.8) is 0 Å². The molecule has 6 aliphatic heterocycles. The van der Waals surface area contributed by atoms with Crippen molar-refractivity contribution in [1.82, 2.24) is 45.6 Å². The number of thiazole rings is 3. The van der Waals surface area contributed by atoms with Gasteiger partial charge in [0.2, 0.25) is 6.79 Å². The van der Waals surface area contributed by atoms with E-state index < -0.39 is 180 Å². The van der Waals surface area contributed by atoms with Crippen LogP contribution in [0.4, 0.5) is 26.7 Å². The van der Waals surface area contributed by atoms with Crippen molar-refractivity contribution in [2.24, 2.45) is 15.0 Å². The van der Waals surface area contributed by atoms with Gasteiger partial charge in [0.15, 0.2) is 62.0 Å². The zero-order valence-electron chi connectivity index (χ0n) is 65.4. The summed E-state index contributed by atoms with van der Waals surface area (Å²) in [6.45, 7) is 6.28. The first kappa shape index (κ1) is 94.2. The Kier molecular flexibility index (Phi) is 32.2. The summed E-state index contributed by atoms with van der Waals surface area (Å²) >= 11 is 20.0. The predicted molar refractivity (Wildman–Crippen MR) is 439 cm³/mol. The minimum Gasteiger partial charge on any atom is -0.468 e. The summed E-state index contributed by atoms with van der Waals surface area (Å²) in [7, 11) is -9.56. The Morgan fingerprint density at radius 1 is 0.595 bits per heavy atom. The number of hydrogen-bond donors (Lipinski definition) is 3. The summed E-state index contributed by atoms with van der Waals surface area (Å²) < 4.78 is 180. The lowest BCUT2D eigenvalue weighted by molar-refractivity contribution is -0.159. The number of hydrogen-bond acceptors (Lipinski definition) is 35. The molecular weight excluding hydrogens is 1830 g/mol. The maximum Gasteiger partial charge on any atom is 0.511 e. The first-order valence-corrected chi connectivity index (χ1v) is 46.7. The number of rotatable bonds is 27. The molecule has 6 atom stereocenters. The molecule has 1 unspecified atom stereocenters. The van der Waals surface area contributed by atoms with Gasteiger partial charge in [0.1, 0.15) is 59.2 Å². The van der Waals surface area contributed by atoms with Gasteiger partial charge in [-0.15, -0.1) is 34.0 Å². The zero-order chi connectivity index (χ0) is 88.0. The van der Waals surface area contributed by atoms with E-state index in [-0.39, 0.29) is 114 Å². The molecule has 12 rings (SSSR count). The van der Waals surface area contributed by atoms with E-state index in [2.05, 4.69) is 61.8 Å². The third kappa shape index (κ3) is 25.1. The van der Waals surface area contributed by atoms with Gasteiger partial charge in [-0.3, -0.25) is 44.1 Å². The lowest BCUT2D eigenvalue weighted by atomic mass is 9.95. The lowest BCUT2D eigenvalue weighted by Crippen LogP contribution is -2.55. The monoisotopic (exact) mass is 1900 g/mol. The van der Waals surface area contributed by atoms with Crippen LogP contribution in [-0.2, 0) is 91.4 Å². The molecule has 0 radical (unpaired) electrons. The number of benzene rings is 3. The molecule has 0 spiro atoms. The van der Waals surface area contributed by atoms with Crippen LogP contribution in [0.1, 0.15) is 97.3 Å². The van der Waals surface area contributed by atoms with Crippen LogP contribution in [0.15, 0.2) is 143 Å². The summed E-state index contributed by atoms with van der Waals surface area (Å²) in [4.78, 5) is 121. The molecule has 0 aliphatic carbocycles. The van der Waals surface area contributed by atoms with E-state index >= 15 is 0 Å². The average molecular weight is 1910 g/mol. The molecule has 32 nitrogen and oxygen atoms in total. The highest BCUT2D eigenvalue weighted by Crippen LogP contribution is 2.43. The largest absolute Gasteiger partial charge is 0.511 e.